The van der Waals surface area contributed by atoms with Crippen molar-refractivity contribution < 1.29 is 0 Å². The van der Waals surface area contributed by atoms with Gasteiger partial charge in [-0.25, -0.2) is 9.97 Å². The molecule has 0 aliphatic heterocycles. The highest BCUT2D eigenvalue weighted by Gasteiger charge is 2.19. The summed E-state index contributed by atoms with van der Waals surface area (Å²) in [4.78, 5) is 36.5. The van der Waals surface area contributed by atoms with Crippen LogP contribution in [0.3, 0.4) is 0 Å². The van der Waals surface area contributed by atoms with Crippen LogP contribution in [0.1, 0.15) is 0 Å². The van der Waals surface area contributed by atoms with Crippen LogP contribution in [0.15, 0.2) is 146 Å². The maximum absolute atomic E-state index is 6.57. The minimum absolute atomic E-state index is 0.119. The average Bonchev–Trinajstić information content (AvgIpc) is 3.23. The first-order chi connectivity index (χ1) is 26.6. The molecule has 254 valence electrons. The quantitative estimate of drug-likeness (QED) is 0.156. The Morgan fingerprint density at radius 3 is 1.13 bits per heavy atom. The molecule has 0 N–H and O–H groups in total. The van der Waals surface area contributed by atoms with E-state index >= 15 is 0 Å². The van der Waals surface area contributed by atoms with Gasteiger partial charge in [-0.05, 0) is 102 Å². The highest BCUT2D eigenvalue weighted by Crippen LogP contribution is 2.42. The molecule has 8 nitrogen and oxygen atoms in total. The van der Waals surface area contributed by atoms with E-state index in [-0.39, 0.29) is 10.6 Å². The molecule has 0 saturated carbocycles. The molecule has 0 atom stereocenters. The van der Waals surface area contributed by atoms with Gasteiger partial charge in [-0.3, -0.25) is 9.97 Å². The Morgan fingerprint density at radius 2 is 0.722 bits per heavy atom. The molecule has 10 heteroatoms. The number of rotatable bonds is 6. The Kier molecular flexibility index (Phi) is 7.71. The summed E-state index contributed by atoms with van der Waals surface area (Å²) in [6, 6.07) is 40.7. The lowest BCUT2D eigenvalue weighted by Crippen LogP contribution is -1.99. The molecular formula is C44H24Cl2N8. The fourth-order valence-corrected chi connectivity index (χ4v) is 7.40. The van der Waals surface area contributed by atoms with Crippen molar-refractivity contribution in [3.63, 3.8) is 0 Å². The van der Waals surface area contributed by atoms with Gasteiger partial charge in [0, 0.05) is 47.0 Å². The minimum atomic E-state index is 0.119. The molecule has 0 aliphatic carbocycles. The Morgan fingerprint density at radius 1 is 0.333 bits per heavy atom. The van der Waals surface area contributed by atoms with Gasteiger partial charge in [0.05, 0.1) is 0 Å². The number of hydrogen-bond donors (Lipinski definition) is 0. The molecule has 54 heavy (non-hydrogen) atoms. The van der Waals surface area contributed by atoms with Gasteiger partial charge in [0.1, 0.15) is 0 Å². The number of aromatic nitrogens is 8. The number of halogens is 2. The van der Waals surface area contributed by atoms with Gasteiger partial charge in [-0.1, -0.05) is 97.1 Å². The van der Waals surface area contributed by atoms with Crippen LogP contribution in [0, 0.1) is 0 Å². The van der Waals surface area contributed by atoms with Crippen molar-refractivity contribution >= 4 is 55.5 Å². The van der Waals surface area contributed by atoms with E-state index in [0.717, 1.165) is 76.8 Å². The van der Waals surface area contributed by atoms with Crippen LogP contribution in [0.4, 0.5) is 0 Å². The molecule has 0 unspecified atom stereocenters. The Balaban J connectivity index is 1.06. The Labute approximate surface area is 318 Å². The first kappa shape index (κ1) is 32.0. The lowest BCUT2D eigenvalue weighted by Gasteiger charge is -2.16. The summed E-state index contributed by atoms with van der Waals surface area (Å²) in [5.74, 6) is 1.96. The number of nitrogens with zero attached hydrogens (tertiary/aromatic N) is 8. The molecule has 0 radical (unpaired) electrons. The summed E-state index contributed by atoms with van der Waals surface area (Å²) in [7, 11) is 0. The van der Waals surface area contributed by atoms with Crippen LogP contribution in [-0.4, -0.2) is 39.9 Å². The van der Waals surface area contributed by atoms with Crippen molar-refractivity contribution in [2.75, 3.05) is 0 Å². The normalized spacial score (nSPS) is 11.5. The van der Waals surface area contributed by atoms with Crippen LogP contribution in [0.2, 0.25) is 10.6 Å². The fourth-order valence-electron chi connectivity index (χ4n) is 7.08. The lowest BCUT2D eigenvalue weighted by molar-refractivity contribution is 1.07. The second-order valence-electron chi connectivity index (χ2n) is 12.8. The monoisotopic (exact) mass is 734 g/mol. The second kappa shape index (κ2) is 13.0. The van der Waals surface area contributed by atoms with Crippen LogP contribution in [0.25, 0.3) is 100 Å². The zero-order valence-corrected chi connectivity index (χ0v) is 29.7. The number of hydrogen-bond acceptors (Lipinski definition) is 8. The molecule has 6 aromatic carbocycles. The van der Waals surface area contributed by atoms with Gasteiger partial charge < -0.3 is 0 Å². The summed E-state index contributed by atoms with van der Waals surface area (Å²) in [5.41, 5.74) is 7.50. The van der Waals surface area contributed by atoms with E-state index in [1.165, 1.54) is 0 Å². The number of benzene rings is 6. The van der Waals surface area contributed by atoms with Gasteiger partial charge in [0.2, 0.25) is 10.6 Å². The maximum Gasteiger partial charge on any atom is 0.226 e. The maximum atomic E-state index is 6.57. The molecule has 10 rings (SSSR count). The van der Waals surface area contributed by atoms with Crippen LogP contribution < -0.4 is 0 Å². The second-order valence-corrected chi connectivity index (χ2v) is 13.5. The highest BCUT2D eigenvalue weighted by atomic mass is 35.5. The largest absolute Gasteiger partial charge is 0.264 e. The van der Waals surface area contributed by atoms with E-state index in [9.17, 15) is 0 Å². The lowest BCUT2D eigenvalue weighted by atomic mass is 9.89. The Bertz CT molecular complexity index is 2790. The van der Waals surface area contributed by atoms with Gasteiger partial charge in [-0.15, -0.1) is 0 Å². The average molecular weight is 736 g/mol. The molecule has 10 aromatic rings. The molecule has 0 spiro atoms. The Hall–Kier alpha value is -6.74. The molecule has 0 saturated heterocycles. The third-order valence-electron chi connectivity index (χ3n) is 9.64. The van der Waals surface area contributed by atoms with Gasteiger partial charge in [0.25, 0.3) is 0 Å². The van der Waals surface area contributed by atoms with E-state index in [0.29, 0.717) is 23.3 Å². The molecule has 4 heterocycles. The van der Waals surface area contributed by atoms with Crippen LogP contribution in [-0.2, 0) is 0 Å². The summed E-state index contributed by atoms with van der Waals surface area (Å²) in [6.07, 6.45) is 7.20. The topological polar surface area (TPSA) is 103 Å². The number of pyridine rings is 2. The van der Waals surface area contributed by atoms with E-state index in [1.54, 1.807) is 12.4 Å². The summed E-state index contributed by atoms with van der Waals surface area (Å²) in [6.45, 7) is 0. The van der Waals surface area contributed by atoms with E-state index in [4.69, 9.17) is 33.2 Å². The zero-order valence-electron chi connectivity index (χ0n) is 28.2. The predicted molar refractivity (Wildman–Crippen MR) is 215 cm³/mol. The van der Waals surface area contributed by atoms with Crippen molar-refractivity contribution in [3.8, 4) is 67.8 Å². The standard InChI is InChI=1S/C44H24Cl2N8/c45-43-51-39(29-9-5-25(6-10-29)31-3-1-21-47-23-31)49-41(53-43)35-19-15-27-14-18-34-36(20-16-28-13-17-33(35)37(27)38(28)34)42-50-40(52-44(46)54-42)30-11-7-26(8-12-30)32-4-2-22-48-24-32/h1-24H. The van der Waals surface area contributed by atoms with Crippen molar-refractivity contribution in [2.24, 2.45) is 0 Å². The van der Waals surface area contributed by atoms with E-state index in [1.807, 2.05) is 97.3 Å². The van der Waals surface area contributed by atoms with Gasteiger partial charge >= 0.3 is 0 Å². The van der Waals surface area contributed by atoms with Crippen molar-refractivity contribution in [1.82, 2.24) is 39.9 Å². The first-order valence-electron chi connectivity index (χ1n) is 17.1. The molecule has 0 amide bonds. The van der Waals surface area contributed by atoms with Crippen molar-refractivity contribution in [2.45, 2.75) is 0 Å². The fraction of sp³-hybridized carbons (Fsp3) is 0. The summed E-state index contributed by atoms with van der Waals surface area (Å²) >= 11 is 13.1. The molecular weight excluding hydrogens is 711 g/mol. The molecule has 0 bridgehead atoms. The van der Waals surface area contributed by atoms with Crippen molar-refractivity contribution in [3.05, 3.63) is 157 Å². The van der Waals surface area contributed by atoms with Crippen LogP contribution in [0.5, 0.6) is 0 Å². The zero-order chi connectivity index (χ0) is 36.2. The van der Waals surface area contributed by atoms with Gasteiger partial charge in [0.15, 0.2) is 23.3 Å². The van der Waals surface area contributed by atoms with Gasteiger partial charge in [-0.2, -0.15) is 19.9 Å². The summed E-state index contributed by atoms with van der Waals surface area (Å²) < 4.78 is 0. The molecule has 0 fully saturated rings. The third kappa shape index (κ3) is 5.65. The molecule has 0 aliphatic rings. The minimum Gasteiger partial charge on any atom is -0.264 e. The van der Waals surface area contributed by atoms with Crippen LogP contribution >= 0.6 is 23.2 Å². The van der Waals surface area contributed by atoms with E-state index < -0.39 is 0 Å². The summed E-state index contributed by atoms with van der Waals surface area (Å²) in [5, 5.41) is 6.54. The smallest absolute Gasteiger partial charge is 0.226 e. The van der Waals surface area contributed by atoms with Crippen molar-refractivity contribution in [1.29, 1.82) is 0 Å². The SMILES string of the molecule is Clc1nc(-c2ccc(-c3cccnc3)cc2)nc(-c2ccc3ccc4c(-c5nc(Cl)nc(-c6ccc(-c7cccnc7)cc6)n5)ccc5ccc2c3c54)n1. The first-order valence-corrected chi connectivity index (χ1v) is 17.9. The molecule has 4 aromatic heterocycles. The third-order valence-corrected chi connectivity index (χ3v) is 9.98. The van der Waals surface area contributed by atoms with E-state index in [2.05, 4.69) is 66.3 Å². The predicted octanol–water partition coefficient (Wildman–Crippen LogP) is 11.1. The highest BCUT2D eigenvalue weighted by molar-refractivity contribution is 6.29.